The van der Waals surface area contributed by atoms with Crippen LogP contribution in [0.25, 0.3) is 0 Å². The predicted molar refractivity (Wildman–Crippen MR) is 43.7 cm³/mol. The molecule has 2 nitrogen and oxygen atoms in total. The van der Waals surface area contributed by atoms with Crippen molar-refractivity contribution in [1.29, 1.82) is 0 Å². The van der Waals surface area contributed by atoms with E-state index in [0.717, 1.165) is 0 Å². The molecular weight excluding hydrogens is 112 g/mol. The zero-order valence-electron chi connectivity index (χ0n) is 6.76. The van der Waals surface area contributed by atoms with Crippen molar-refractivity contribution in [3.05, 3.63) is 12.4 Å². The summed E-state index contributed by atoms with van der Waals surface area (Å²) in [6.07, 6.45) is 3.47. The van der Waals surface area contributed by atoms with Gasteiger partial charge in [-0.05, 0) is 6.72 Å². The van der Waals surface area contributed by atoms with E-state index in [4.69, 9.17) is 0 Å². The molecule has 0 heterocycles. The fourth-order valence-electron chi connectivity index (χ4n) is 0.180. The van der Waals surface area contributed by atoms with Crippen molar-refractivity contribution in [3.8, 4) is 0 Å². The van der Waals surface area contributed by atoms with Crippen LogP contribution in [0.1, 0.15) is 13.8 Å². The molecule has 0 amide bonds. The van der Waals surface area contributed by atoms with Crippen LogP contribution in [-0.4, -0.2) is 25.7 Å². The van der Waals surface area contributed by atoms with Gasteiger partial charge in [-0.2, -0.15) is 0 Å². The van der Waals surface area contributed by atoms with Gasteiger partial charge in [-0.15, -0.1) is 0 Å². The third kappa shape index (κ3) is 19.0. The smallest absolute Gasteiger partial charge is 0.0419 e. The van der Waals surface area contributed by atoms with Crippen molar-refractivity contribution in [2.24, 2.45) is 4.99 Å². The highest BCUT2D eigenvalue weighted by molar-refractivity contribution is 5.25. The number of rotatable bonds is 2. The van der Waals surface area contributed by atoms with Crippen molar-refractivity contribution in [3.63, 3.8) is 0 Å². The standard InChI is InChI=1S/C5H10N2.C2H6/c1-6-4-5-7(2)3;1-2/h4-5H,1H2,2-3H3;1-2H3/b5-4-;. The Labute approximate surface area is 57.9 Å². The second-order valence-electron chi connectivity index (χ2n) is 1.44. The Kier molecular flexibility index (Phi) is 12.6. The van der Waals surface area contributed by atoms with E-state index in [1.54, 1.807) is 6.20 Å². The summed E-state index contributed by atoms with van der Waals surface area (Å²) in [4.78, 5) is 5.40. The molecule has 0 N–H and O–H groups in total. The van der Waals surface area contributed by atoms with Crippen molar-refractivity contribution < 1.29 is 0 Å². The van der Waals surface area contributed by atoms with Gasteiger partial charge < -0.3 is 4.90 Å². The summed E-state index contributed by atoms with van der Waals surface area (Å²) in [5.74, 6) is 0. The van der Waals surface area contributed by atoms with Gasteiger partial charge in [0.2, 0.25) is 0 Å². The van der Waals surface area contributed by atoms with E-state index < -0.39 is 0 Å². The van der Waals surface area contributed by atoms with Gasteiger partial charge in [-0.1, -0.05) is 13.8 Å². The first-order valence-corrected chi connectivity index (χ1v) is 3.06. The van der Waals surface area contributed by atoms with Gasteiger partial charge in [-0.3, -0.25) is 4.99 Å². The molecule has 0 radical (unpaired) electrons. The van der Waals surface area contributed by atoms with E-state index in [1.807, 2.05) is 39.0 Å². The summed E-state index contributed by atoms with van der Waals surface area (Å²) in [5, 5.41) is 0. The molecule has 54 valence electrons. The Morgan fingerprint density at radius 1 is 1.33 bits per heavy atom. The Morgan fingerprint density at radius 3 is 1.89 bits per heavy atom. The molecule has 0 saturated carbocycles. The van der Waals surface area contributed by atoms with E-state index in [-0.39, 0.29) is 0 Å². The average Bonchev–Trinajstić information content (AvgIpc) is 1.88. The first-order valence-electron chi connectivity index (χ1n) is 3.06. The third-order valence-corrected chi connectivity index (χ3v) is 0.470. The minimum Gasteiger partial charge on any atom is -0.382 e. The lowest BCUT2D eigenvalue weighted by atomic mass is 10.8. The van der Waals surface area contributed by atoms with Crippen LogP contribution in [0.4, 0.5) is 0 Å². The van der Waals surface area contributed by atoms with Crippen LogP contribution in [0.5, 0.6) is 0 Å². The Bertz CT molecular complexity index is 75.0. The Hall–Kier alpha value is -0.790. The molecule has 0 aromatic heterocycles. The van der Waals surface area contributed by atoms with E-state index in [0.29, 0.717) is 0 Å². The molecule has 0 fully saturated rings. The van der Waals surface area contributed by atoms with Gasteiger partial charge in [-0.25, -0.2) is 0 Å². The molecule has 0 bridgehead atoms. The van der Waals surface area contributed by atoms with Gasteiger partial charge in [0.15, 0.2) is 0 Å². The highest BCUT2D eigenvalue weighted by Crippen LogP contribution is 1.74. The molecule has 0 rings (SSSR count). The second-order valence-corrected chi connectivity index (χ2v) is 1.44. The lowest BCUT2D eigenvalue weighted by Crippen LogP contribution is -1.99. The molecular formula is C7H16N2. The van der Waals surface area contributed by atoms with Gasteiger partial charge in [0, 0.05) is 26.5 Å². The van der Waals surface area contributed by atoms with Crippen LogP contribution in [0.15, 0.2) is 17.4 Å². The van der Waals surface area contributed by atoms with Crippen LogP contribution >= 0.6 is 0 Å². The van der Waals surface area contributed by atoms with Crippen molar-refractivity contribution in [1.82, 2.24) is 4.90 Å². The number of hydrogen-bond donors (Lipinski definition) is 0. The molecule has 2 heteroatoms. The molecule has 0 atom stereocenters. The summed E-state index contributed by atoms with van der Waals surface area (Å²) in [6.45, 7) is 7.27. The van der Waals surface area contributed by atoms with E-state index in [1.165, 1.54) is 0 Å². The number of nitrogens with zero attached hydrogens (tertiary/aromatic N) is 2. The lowest BCUT2D eigenvalue weighted by Gasteiger charge is -1.99. The maximum absolute atomic E-state index is 3.50. The maximum Gasteiger partial charge on any atom is 0.0419 e. The fraction of sp³-hybridized carbons (Fsp3) is 0.571. The second kappa shape index (κ2) is 10.2. The summed E-state index contributed by atoms with van der Waals surface area (Å²) < 4.78 is 0. The maximum atomic E-state index is 3.50. The predicted octanol–water partition coefficient (Wildman–Crippen LogP) is 1.75. The molecule has 0 spiro atoms. The van der Waals surface area contributed by atoms with Gasteiger partial charge >= 0.3 is 0 Å². The largest absolute Gasteiger partial charge is 0.382 e. The minimum absolute atomic E-state index is 1.64. The van der Waals surface area contributed by atoms with Crippen LogP contribution in [-0.2, 0) is 0 Å². The Morgan fingerprint density at radius 2 is 1.78 bits per heavy atom. The molecule has 0 aromatic carbocycles. The highest BCUT2D eigenvalue weighted by atomic mass is 15.0. The first kappa shape index (κ1) is 11.1. The average molecular weight is 128 g/mol. The SMILES string of the molecule is C=N/C=C\N(C)C.CC. The summed E-state index contributed by atoms with van der Waals surface area (Å²) >= 11 is 0. The molecule has 0 aliphatic rings. The topological polar surface area (TPSA) is 15.6 Å². The third-order valence-electron chi connectivity index (χ3n) is 0.470. The van der Waals surface area contributed by atoms with Gasteiger partial charge in [0.05, 0.1) is 0 Å². The van der Waals surface area contributed by atoms with E-state index >= 15 is 0 Å². The minimum atomic E-state index is 1.64. The zero-order chi connectivity index (χ0) is 7.70. The Balaban J connectivity index is 0. The van der Waals surface area contributed by atoms with Crippen LogP contribution in [0.3, 0.4) is 0 Å². The number of aliphatic imine (C=N–C) groups is 1. The highest BCUT2D eigenvalue weighted by Gasteiger charge is 1.68. The van der Waals surface area contributed by atoms with Gasteiger partial charge in [0.25, 0.3) is 0 Å². The van der Waals surface area contributed by atoms with E-state index in [2.05, 4.69) is 11.7 Å². The van der Waals surface area contributed by atoms with Crippen LogP contribution in [0.2, 0.25) is 0 Å². The van der Waals surface area contributed by atoms with Crippen LogP contribution < -0.4 is 0 Å². The summed E-state index contributed by atoms with van der Waals surface area (Å²) in [6, 6.07) is 0. The molecule has 0 aliphatic carbocycles. The zero-order valence-corrected chi connectivity index (χ0v) is 6.76. The monoisotopic (exact) mass is 128 g/mol. The summed E-state index contributed by atoms with van der Waals surface area (Å²) in [5.41, 5.74) is 0. The fourth-order valence-corrected chi connectivity index (χ4v) is 0.180. The molecule has 0 aromatic rings. The lowest BCUT2D eigenvalue weighted by molar-refractivity contribution is 0.562. The van der Waals surface area contributed by atoms with Crippen molar-refractivity contribution >= 4 is 6.72 Å². The molecule has 0 saturated heterocycles. The van der Waals surface area contributed by atoms with Crippen molar-refractivity contribution in [2.75, 3.05) is 14.1 Å². The van der Waals surface area contributed by atoms with Gasteiger partial charge in [0.1, 0.15) is 0 Å². The molecule has 9 heavy (non-hydrogen) atoms. The molecule has 0 aliphatic heterocycles. The molecule has 0 unspecified atom stereocenters. The summed E-state index contributed by atoms with van der Waals surface area (Å²) in [7, 11) is 3.86. The first-order chi connectivity index (χ1) is 4.27. The quantitative estimate of drug-likeness (QED) is 0.517. The van der Waals surface area contributed by atoms with Crippen molar-refractivity contribution in [2.45, 2.75) is 13.8 Å². The number of hydrogen-bond acceptors (Lipinski definition) is 2. The van der Waals surface area contributed by atoms with Crippen LogP contribution in [0, 0.1) is 0 Å². The van der Waals surface area contributed by atoms with E-state index in [9.17, 15) is 0 Å². The normalized spacial score (nSPS) is 8.00.